The van der Waals surface area contributed by atoms with Crippen LogP contribution >= 0.6 is 0 Å². The van der Waals surface area contributed by atoms with E-state index in [-0.39, 0.29) is 0 Å². The first-order valence-corrected chi connectivity index (χ1v) is 5.07. The Balaban J connectivity index is 2.22. The van der Waals surface area contributed by atoms with E-state index in [1.807, 2.05) is 22.9 Å². The molecule has 3 aromatic rings. The summed E-state index contributed by atoms with van der Waals surface area (Å²) in [7, 11) is 0. The summed E-state index contributed by atoms with van der Waals surface area (Å²) < 4.78 is 1.82. The lowest BCUT2D eigenvalue weighted by Crippen LogP contribution is -1.96. The summed E-state index contributed by atoms with van der Waals surface area (Å²) in [5.41, 5.74) is 4.02. The molecule has 0 radical (unpaired) electrons. The molecule has 0 unspecified atom stereocenters. The maximum atomic E-state index is 4.12. The molecule has 0 saturated carbocycles. The molecule has 0 saturated heterocycles. The summed E-state index contributed by atoms with van der Waals surface area (Å²) in [4.78, 5) is 4.02. The average Bonchev–Trinajstić information content (AvgIpc) is 2.74. The van der Waals surface area contributed by atoms with Crippen LogP contribution in [0.3, 0.4) is 0 Å². The van der Waals surface area contributed by atoms with Crippen molar-refractivity contribution in [2.75, 3.05) is 0 Å². The Morgan fingerprint density at radius 1 is 1.06 bits per heavy atom. The number of benzene rings is 1. The molecule has 3 rings (SSSR count). The molecule has 0 aliphatic carbocycles. The maximum Gasteiger partial charge on any atom is 0.131 e. The van der Waals surface area contributed by atoms with Crippen LogP contribution in [-0.2, 0) is 0 Å². The van der Waals surface area contributed by atoms with Crippen molar-refractivity contribution in [2.45, 2.75) is 6.92 Å². The minimum atomic E-state index is 0.808. The fraction of sp³-hybridized carbons (Fsp3) is 0.0833. The molecule has 0 fully saturated rings. The third-order valence-corrected chi connectivity index (χ3v) is 2.53. The van der Waals surface area contributed by atoms with Gasteiger partial charge in [-0.15, -0.1) is 5.10 Å². The third-order valence-electron chi connectivity index (χ3n) is 2.53. The van der Waals surface area contributed by atoms with Gasteiger partial charge in [-0.2, -0.15) is 0 Å². The minimum absolute atomic E-state index is 0.808. The number of nitrogens with zero attached hydrogens (tertiary/aromatic N) is 4. The molecule has 0 aliphatic heterocycles. The van der Waals surface area contributed by atoms with Crippen molar-refractivity contribution in [3.05, 3.63) is 48.3 Å². The van der Waals surface area contributed by atoms with E-state index in [1.165, 1.54) is 5.56 Å². The summed E-state index contributed by atoms with van der Waals surface area (Å²) in [6.45, 7) is 2.06. The molecule has 0 amide bonds. The van der Waals surface area contributed by atoms with Gasteiger partial charge in [-0.1, -0.05) is 22.9 Å². The minimum Gasteiger partial charge on any atom is -0.262 e. The molecular weight excluding hydrogens is 200 g/mol. The van der Waals surface area contributed by atoms with Crippen LogP contribution in [0.25, 0.3) is 16.7 Å². The third kappa shape index (κ3) is 1.35. The Labute approximate surface area is 92.6 Å². The predicted molar refractivity (Wildman–Crippen MR) is 61.4 cm³/mol. The van der Waals surface area contributed by atoms with Gasteiger partial charge in [0, 0.05) is 6.20 Å². The van der Waals surface area contributed by atoms with Crippen LogP contribution in [0.5, 0.6) is 0 Å². The monoisotopic (exact) mass is 210 g/mol. The van der Waals surface area contributed by atoms with Gasteiger partial charge in [0.05, 0.1) is 17.4 Å². The quantitative estimate of drug-likeness (QED) is 0.618. The first kappa shape index (κ1) is 9.03. The highest BCUT2D eigenvalue weighted by molar-refractivity contribution is 5.74. The largest absolute Gasteiger partial charge is 0.262 e. The van der Waals surface area contributed by atoms with Crippen molar-refractivity contribution in [2.24, 2.45) is 0 Å². The first-order chi connectivity index (χ1) is 7.84. The second-order valence-electron chi connectivity index (χ2n) is 3.70. The lowest BCUT2D eigenvalue weighted by molar-refractivity contribution is 0.823. The summed E-state index contributed by atoms with van der Waals surface area (Å²) in [6.07, 6.45) is 3.46. The zero-order chi connectivity index (χ0) is 11.0. The van der Waals surface area contributed by atoms with E-state index in [4.69, 9.17) is 0 Å². The molecule has 4 heteroatoms. The smallest absolute Gasteiger partial charge is 0.131 e. The van der Waals surface area contributed by atoms with Crippen molar-refractivity contribution in [3.63, 3.8) is 0 Å². The van der Waals surface area contributed by atoms with Crippen molar-refractivity contribution in [3.8, 4) is 5.69 Å². The SMILES string of the molecule is Cc1ccc(-n2nnc3cnccc32)cc1. The number of pyridine rings is 1. The van der Waals surface area contributed by atoms with Crippen molar-refractivity contribution < 1.29 is 0 Å². The average molecular weight is 210 g/mol. The molecule has 0 atom stereocenters. The molecule has 0 N–H and O–H groups in total. The molecular formula is C12H10N4. The molecule has 2 heterocycles. The summed E-state index contributed by atoms with van der Waals surface area (Å²) in [5, 5.41) is 8.19. The van der Waals surface area contributed by atoms with Crippen LogP contribution < -0.4 is 0 Å². The van der Waals surface area contributed by atoms with E-state index in [2.05, 4.69) is 34.4 Å². The standard InChI is InChI=1S/C12H10N4/c1-9-2-4-10(5-3-9)16-12-6-7-13-8-11(12)14-15-16/h2-8H,1H3. The Morgan fingerprint density at radius 3 is 2.69 bits per heavy atom. The molecule has 0 aliphatic rings. The number of aromatic nitrogens is 4. The number of hydrogen-bond donors (Lipinski definition) is 0. The Bertz CT molecular complexity index is 625. The summed E-state index contributed by atoms with van der Waals surface area (Å²) in [6, 6.07) is 10.1. The lowest BCUT2D eigenvalue weighted by Gasteiger charge is -2.01. The topological polar surface area (TPSA) is 43.6 Å². The van der Waals surface area contributed by atoms with Crippen LogP contribution in [-0.4, -0.2) is 20.0 Å². The highest BCUT2D eigenvalue weighted by atomic mass is 15.4. The molecule has 0 spiro atoms. The van der Waals surface area contributed by atoms with Crippen LogP contribution in [0, 0.1) is 6.92 Å². The fourth-order valence-corrected chi connectivity index (χ4v) is 1.65. The zero-order valence-electron chi connectivity index (χ0n) is 8.83. The zero-order valence-corrected chi connectivity index (χ0v) is 8.83. The molecule has 0 bridgehead atoms. The van der Waals surface area contributed by atoms with Gasteiger partial charge in [-0.25, -0.2) is 4.68 Å². The van der Waals surface area contributed by atoms with Gasteiger partial charge in [0.25, 0.3) is 0 Å². The van der Waals surface area contributed by atoms with Crippen LogP contribution in [0.2, 0.25) is 0 Å². The second-order valence-corrected chi connectivity index (χ2v) is 3.70. The normalized spacial score (nSPS) is 10.8. The van der Waals surface area contributed by atoms with E-state index >= 15 is 0 Å². The van der Waals surface area contributed by atoms with E-state index in [9.17, 15) is 0 Å². The Morgan fingerprint density at radius 2 is 1.88 bits per heavy atom. The van der Waals surface area contributed by atoms with Gasteiger partial charge < -0.3 is 0 Å². The van der Waals surface area contributed by atoms with Gasteiger partial charge in [0.15, 0.2) is 0 Å². The van der Waals surface area contributed by atoms with E-state index in [1.54, 1.807) is 12.4 Å². The number of hydrogen-bond acceptors (Lipinski definition) is 3. The summed E-state index contributed by atoms with van der Waals surface area (Å²) in [5.74, 6) is 0. The maximum absolute atomic E-state index is 4.12. The van der Waals surface area contributed by atoms with Gasteiger partial charge in [-0.05, 0) is 25.1 Å². The Hall–Kier alpha value is -2.23. The van der Waals surface area contributed by atoms with Gasteiger partial charge in [0.1, 0.15) is 5.52 Å². The van der Waals surface area contributed by atoms with Crippen LogP contribution in [0.4, 0.5) is 0 Å². The molecule has 16 heavy (non-hydrogen) atoms. The van der Waals surface area contributed by atoms with E-state index in [0.717, 1.165) is 16.7 Å². The van der Waals surface area contributed by atoms with Gasteiger partial charge >= 0.3 is 0 Å². The molecule has 4 nitrogen and oxygen atoms in total. The van der Waals surface area contributed by atoms with E-state index < -0.39 is 0 Å². The fourth-order valence-electron chi connectivity index (χ4n) is 1.65. The number of rotatable bonds is 1. The Kier molecular flexibility index (Phi) is 1.93. The molecule has 78 valence electrons. The van der Waals surface area contributed by atoms with Crippen molar-refractivity contribution in [1.82, 2.24) is 20.0 Å². The van der Waals surface area contributed by atoms with E-state index in [0.29, 0.717) is 0 Å². The second kappa shape index (κ2) is 3.41. The summed E-state index contributed by atoms with van der Waals surface area (Å²) >= 11 is 0. The van der Waals surface area contributed by atoms with Crippen molar-refractivity contribution in [1.29, 1.82) is 0 Å². The highest BCUT2D eigenvalue weighted by Gasteiger charge is 2.04. The lowest BCUT2D eigenvalue weighted by atomic mass is 10.2. The van der Waals surface area contributed by atoms with Gasteiger partial charge in [0.2, 0.25) is 0 Å². The van der Waals surface area contributed by atoms with Gasteiger partial charge in [-0.3, -0.25) is 4.98 Å². The molecule has 2 aromatic heterocycles. The van der Waals surface area contributed by atoms with Crippen LogP contribution in [0.15, 0.2) is 42.7 Å². The number of fused-ring (bicyclic) bond motifs is 1. The first-order valence-electron chi connectivity index (χ1n) is 5.07. The predicted octanol–water partition coefficient (Wildman–Crippen LogP) is 2.12. The van der Waals surface area contributed by atoms with Crippen LogP contribution in [0.1, 0.15) is 5.56 Å². The molecule has 1 aromatic carbocycles. The van der Waals surface area contributed by atoms with Crippen molar-refractivity contribution >= 4 is 11.0 Å². The highest BCUT2D eigenvalue weighted by Crippen LogP contribution is 2.15. The number of aryl methyl sites for hydroxylation is 1.